The van der Waals surface area contributed by atoms with Crippen molar-refractivity contribution < 1.29 is 0 Å². The van der Waals surface area contributed by atoms with E-state index in [1.165, 1.54) is 9.79 Å². The Labute approximate surface area is 139 Å². The van der Waals surface area contributed by atoms with Crippen molar-refractivity contribution in [2.45, 2.75) is 9.79 Å². The number of hydrogen-bond donors (Lipinski definition) is 0. The summed E-state index contributed by atoms with van der Waals surface area (Å²) in [6.07, 6.45) is 1.88. The highest BCUT2D eigenvalue weighted by atomic mass is 35.5. The molecule has 3 rings (SSSR count). The molecular weight excluding hydrogens is 310 g/mol. The van der Waals surface area contributed by atoms with Crippen LogP contribution in [0.25, 0.3) is 0 Å². The maximum Gasteiger partial charge on any atom is 0.0629 e. The van der Waals surface area contributed by atoms with Gasteiger partial charge in [0, 0.05) is 21.0 Å². The summed E-state index contributed by atoms with van der Waals surface area (Å²) >= 11 is 7.61. The minimum atomic E-state index is 0.761. The van der Waals surface area contributed by atoms with Gasteiger partial charge in [-0.15, -0.1) is 0 Å². The zero-order valence-corrected chi connectivity index (χ0v) is 13.4. The second-order valence-corrected chi connectivity index (χ2v) is 6.30. The van der Waals surface area contributed by atoms with Gasteiger partial charge in [0.15, 0.2) is 0 Å². The molecule has 0 aliphatic heterocycles. The van der Waals surface area contributed by atoms with Gasteiger partial charge in [-0.25, -0.2) is 0 Å². The minimum Gasteiger partial charge on any atom is -0.256 e. The third kappa shape index (κ3) is 4.23. The molecule has 0 spiro atoms. The van der Waals surface area contributed by atoms with Crippen LogP contribution in [0, 0.1) is 0 Å². The Bertz CT molecular complexity index is 750. The van der Waals surface area contributed by atoms with Gasteiger partial charge in [-0.2, -0.15) is 0 Å². The fourth-order valence-corrected chi connectivity index (χ4v) is 2.87. The second-order valence-electron chi connectivity index (χ2n) is 4.72. The molecule has 0 bridgehead atoms. The number of halogens is 1. The predicted octanol–water partition coefficient (Wildman–Crippen LogP) is 6.24. The normalized spacial score (nSPS) is 11.0. The van der Waals surface area contributed by atoms with E-state index in [9.17, 15) is 0 Å². The summed E-state index contributed by atoms with van der Waals surface area (Å²) in [5, 5.41) is 0.761. The molecular formula is C19H14ClNS. The van der Waals surface area contributed by atoms with E-state index in [4.69, 9.17) is 11.6 Å². The van der Waals surface area contributed by atoms with Crippen molar-refractivity contribution in [3.8, 4) is 0 Å². The SMILES string of the molecule is Clc1ccc(Sc2ccc(C=Nc3ccccc3)cc2)cc1. The van der Waals surface area contributed by atoms with Gasteiger partial charge >= 0.3 is 0 Å². The van der Waals surface area contributed by atoms with Crippen molar-refractivity contribution in [1.82, 2.24) is 0 Å². The van der Waals surface area contributed by atoms with Crippen LogP contribution in [-0.2, 0) is 0 Å². The van der Waals surface area contributed by atoms with Gasteiger partial charge in [-0.3, -0.25) is 4.99 Å². The molecule has 22 heavy (non-hydrogen) atoms. The summed E-state index contributed by atoms with van der Waals surface area (Å²) in [6.45, 7) is 0. The Morgan fingerprint density at radius 3 is 1.95 bits per heavy atom. The van der Waals surface area contributed by atoms with E-state index in [0.29, 0.717) is 0 Å². The Kier molecular flexibility index (Phi) is 4.94. The number of rotatable bonds is 4. The van der Waals surface area contributed by atoms with Crippen molar-refractivity contribution >= 4 is 35.3 Å². The van der Waals surface area contributed by atoms with Crippen molar-refractivity contribution in [1.29, 1.82) is 0 Å². The summed E-state index contributed by atoms with van der Waals surface area (Å²) in [7, 11) is 0. The number of aliphatic imine (C=N–C) groups is 1. The van der Waals surface area contributed by atoms with Gasteiger partial charge in [0.1, 0.15) is 0 Å². The summed E-state index contributed by atoms with van der Waals surface area (Å²) in [4.78, 5) is 6.82. The summed E-state index contributed by atoms with van der Waals surface area (Å²) in [6, 6.07) is 26.2. The van der Waals surface area contributed by atoms with E-state index in [1.807, 2.05) is 60.8 Å². The van der Waals surface area contributed by atoms with Crippen molar-refractivity contribution in [2.24, 2.45) is 4.99 Å². The van der Waals surface area contributed by atoms with Crippen LogP contribution in [0.1, 0.15) is 5.56 Å². The third-order valence-electron chi connectivity index (χ3n) is 3.05. The Hall–Kier alpha value is -2.03. The van der Waals surface area contributed by atoms with Crippen LogP contribution in [-0.4, -0.2) is 6.21 Å². The molecule has 0 aliphatic rings. The average Bonchev–Trinajstić information content (AvgIpc) is 2.57. The standard InChI is InChI=1S/C19H14ClNS/c20-16-8-12-19(13-9-16)22-18-10-6-15(7-11-18)14-21-17-4-2-1-3-5-17/h1-14H. The second kappa shape index (κ2) is 7.30. The van der Waals surface area contributed by atoms with Crippen LogP contribution in [0.5, 0.6) is 0 Å². The molecule has 0 atom stereocenters. The van der Waals surface area contributed by atoms with Crippen LogP contribution in [0.15, 0.2) is 93.6 Å². The first-order valence-corrected chi connectivity index (χ1v) is 8.12. The fourth-order valence-electron chi connectivity index (χ4n) is 1.92. The molecule has 0 unspecified atom stereocenters. The van der Waals surface area contributed by atoms with Crippen LogP contribution in [0.4, 0.5) is 5.69 Å². The van der Waals surface area contributed by atoms with Gasteiger partial charge in [0.2, 0.25) is 0 Å². The molecule has 0 radical (unpaired) electrons. The Morgan fingerprint density at radius 2 is 1.32 bits per heavy atom. The van der Waals surface area contributed by atoms with E-state index < -0.39 is 0 Å². The molecule has 0 amide bonds. The molecule has 3 aromatic rings. The van der Waals surface area contributed by atoms with E-state index in [0.717, 1.165) is 16.3 Å². The summed E-state index contributed by atoms with van der Waals surface area (Å²) in [5.74, 6) is 0. The molecule has 108 valence electrons. The largest absolute Gasteiger partial charge is 0.256 e. The number of hydrogen-bond acceptors (Lipinski definition) is 2. The zero-order valence-electron chi connectivity index (χ0n) is 11.8. The number of benzene rings is 3. The molecule has 3 heteroatoms. The van der Waals surface area contributed by atoms with Gasteiger partial charge < -0.3 is 0 Å². The first-order valence-electron chi connectivity index (χ1n) is 6.92. The van der Waals surface area contributed by atoms with E-state index in [1.54, 1.807) is 11.8 Å². The minimum absolute atomic E-state index is 0.761. The van der Waals surface area contributed by atoms with Crippen molar-refractivity contribution in [3.63, 3.8) is 0 Å². The third-order valence-corrected chi connectivity index (χ3v) is 4.32. The lowest BCUT2D eigenvalue weighted by atomic mass is 10.2. The maximum absolute atomic E-state index is 5.90. The maximum atomic E-state index is 5.90. The molecule has 0 saturated heterocycles. The molecule has 0 saturated carbocycles. The van der Waals surface area contributed by atoms with Gasteiger partial charge in [-0.05, 0) is 54.1 Å². The molecule has 0 fully saturated rings. The Balaban J connectivity index is 1.67. The first kappa shape index (κ1) is 14.9. The lowest BCUT2D eigenvalue weighted by Gasteiger charge is -2.02. The quantitative estimate of drug-likeness (QED) is 0.517. The monoisotopic (exact) mass is 323 g/mol. The molecule has 0 heterocycles. The highest BCUT2D eigenvalue weighted by Crippen LogP contribution is 2.28. The number of para-hydroxylation sites is 1. The van der Waals surface area contributed by atoms with E-state index in [2.05, 4.69) is 29.3 Å². The highest BCUT2D eigenvalue weighted by molar-refractivity contribution is 7.99. The smallest absolute Gasteiger partial charge is 0.0629 e. The fraction of sp³-hybridized carbons (Fsp3) is 0. The highest BCUT2D eigenvalue weighted by Gasteiger charge is 1.98. The van der Waals surface area contributed by atoms with Crippen LogP contribution < -0.4 is 0 Å². The summed E-state index contributed by atoms with van der Waals surface area (Å²) < 4.78 is 0. The molecule has 0 aromatic heterocycles. The lowest BCUT2D eigenvalue weighted by molar-refractivity contribution is 1.40. The van der Waals surface area contributed by atoms with Gasteiger partial charge in [0.25, 0.3) is 0 Å². The van der Waals surface area contributed by atoms with Crippen molar-refractivity contribution in [3.05, 3.63) is 89.4 Å². The molecule has 0 N–H and O–H groups in total. The predicted molar refractivity (Wildman–Crippen MR) is 95.7 cm³/mol. The molecule has 1 nitrogen and oxygen atoms in total. The lowest BCUT2D eigenvalue weighted by Crippen LogP contribution is -1.80. The average molecular weight is 324 g/mol. The molecule has 3 aromatic carbocycles. The van der Waals surface area contributed by atoms with Gasteiger partial charge in [-0.1, -0.05) is 53.7 Å². The van der Waals surface area contributed by atoms with Crippen molar-refractivity contribution in [2.75, 3.05) is 0 Å². The van der Waals surface area contributed by atoms with E-state index in [-0.39, 0.29) is 0 Å². The first-order chi connectivity index (χ1) is 10.8. The van der Waals surface area contributed by atoms with Crippen LogP contribution >= 0.6 is 23.4 Å². The molecule has 0 aliphatic carbocycles. The summed E-state index contributed by atoms with van der Waals surface area (Å²) in [5.41, 5.74) is 2.05. The van der Waals surface area contributed by atoms with Crippen LogP contribution in [0.2, 0.25) is 5.02 Å². The Morgan fingerprint density at radius 1 is 0.727 bits per heavy atom. The van der Waals surface area contributed by atoms with Gasteiger partial charge in [0.05, 0.1) is 5.69 Å². The zero-order chi connectivity index (χ0) is 15.2. The number of nitrogens with zero attached hydrogens (tertiary/aromatic N) is 1. The van der Waals surface area contributed by atoms with Crippen LogP contribution in [0.3, 0.4) is 0 Å². The topological polar surface area (TPSA) is 12.4 Å². The van der Waals surface area contributed by atoms with E-state index >= 15 is 0 Å².